The highest BCUT2D eigenvalue weighted by Gasteiger charge is 2.23. The zero-order valence-electron chi connectivity index (χ0n) is 10.7. The largest absolute Gasteiger partial charge is 0.260 e. The van der Waals surface area contributed by atoms with E-state index in [4.69, 9.17) is 11.6 Å². The third kappa shape index (κ3) is 4.55. The predicted molar refractivity (Wildman–Crippen MR) is 74.0 cm³/mol. The van der Waals surface area contributed by atoms with Crippen molar-refractivity contribution in [1.29, 1.82) is 0 Å². The molecule has 0 fully saturated rings. The molecular formula is C12H19ClN2O2S. The summed E-state index contributed by atoms with van der Waals surface area (Å²) in [6.07, 6.45) is 1.66. The maximum Gasteiger partial charge on any atom is 0.214 e. The van der Waals surface area contributed by atoms with Gasteiger partial charge in [-0.1, -0.05) is 19.9 Å². The minimum atomic E-state index is -3.27. The third-order valence-electron chi connectivity index (χ3n) is 2.57. The average Bonchev–Trinajstić information content (AvgIpc) is 2.36. The van der Waals surface area contributed by atoms with Crippen molar-refractivity contribution in [2.24, 2.45) is 5.92 Å². The van der Waals surface area contributed by atoms with Gasteiger partial charge in [-0.15, -0.1) is 11.6 Å². The number of pyridine rings is 1. The van der Waals surface area contributed by atoms with E-state index in [9.17, 15) is 8.42 Å². The van der Waals surface area contributed by atoms with Crippen LogP contribution in [0.25, 0.3) is 0 Å². The van der Waals surface area contributed by atoms with Crippen LogP contribution in [0.15, 0.2) is 24.4 Å². The zero-order valence-corrected chi connectivity index (χ0v) is 12.3. The van der Waals surface area contributed by atoms with Crippen LogP contribution in [0, 0.1) is 5.92 Å². The molecule has 1 aromatic rings. The summed E-state index contributed by atoms with van der Waals surface area (Å²) in [6, 6.07) is 5.48. The fraction of sp³-hybridized carbons (Fsp3) is 0.583. The second kappa shape index (κ2) is 7.07. The van der Waals surface area contributed by atoms with E-state index in [0.717, 1.165) is 5.69 Å². The van der Waals surface area contributed by atoms with Crippen LogP contribution in [-0.4, -0.2) is 35.9 Å². The van der Waals surface area contributed by atoms with E-state index in [-0.39, 0.29) is 11.7 Å². The lowest BCUT2D eigenvalue weighted by molar-refractivity contribution is 0.415. The van der Waals surface area contributed by atoms with E-state index in [1.54, 1.807) is 6.20 Å². The Morgan fingerprint density at radius 3 is 2.67 bits per heavy atom. The first kappa shape index (κ1) is 15.4. The number of halogens is 1. The maximum absolute atomic E-state index is 12.2. The molecule has 0 spiro atoms. The van der Waals surface area contributed by atoms with Gasteiger partial charge in [-0.3, -0.25) is 4.98 Å². The molecule has 0 aliphatic carbocycles. The molecule has 1 heterocycles. The molecule has 0 aliphatic rings. The molecule has 6 heteroatoms. The lowest BCUT2D eigenvalue weighted by atomic mass is 10.3. The summed E-state index contributed by atoms with van der Waals surface area (Å²) >= 11 is 5.67. The summed E-state index contributed by atoms with van der Waals surface area (Å²) in [7, 11) is -3.27. The van der Waals surface area contributed by atoms with E-state index >= 15 is 0 Å². The van der Waals surface area contributed by atoms with Crippen molar-refractivity contribution in [2.75, 3.05) is 18.2 Å². The molecule has 0 radical (unpaired) electrons. The molecule has 1 rings (SSSR count). The number of nitrogens with zero attached hydrogens (tertiary/aromatic N) is 2. The molecule has 1 unspecified atom stereocenters. The van der Waals surface area contributed by atoms with E-state index in [2.05, 4.69) is 4.98 Å². The third-order valence-corrected chi connectivity index (χ3v) is 5.26. The van der Waals surface area contributed by atoms with Crippen LogP contribution in [-0.2, 0) is 16.6 Å². The van der Waals surface area contributed by atoms with Gasteiger partial charge in [0.05, 0.1) is 18.0 Å². The average molecular weight is 291 g/mol. The number of hydrogen-bond acceptors (Lipinski definition) is 3. The quantitative estimate of drug-likeness (QED) is 0.723. The molecule has 0 saturated carbocycles. The Balaban J connectivity index is 2.77. The molecule has 4 nitrogen and oxygen atoms in total. The Bertz CT molecular complexity index is 450. The van der Waals surface area contributed by atoms with Crippen LogP contribution in [0.2, 0.25) is 0 Å². The standard InChI is InChI=1S/C12H19ClN2O2S/c1-3-15(9-12-6-4-5-7-14-12)18(16,17)10-11(2)8-13/h4-7,11H,3,8-10H2,1-2H3. The van der Waals surface area contributed by atoms with Gasteiger partial charge >= 0.3 is 0 Å². The fourth-order valence-corrected chi connectivity index (χ4v) is 3.60. The van der Waals surface area contributed by atoms with Crippen LogP contribution < -0.4 is 0 Å². The number of aromatic nitrogens is 1. The van der Waals surface area contributed by atoms with Gasteiger partial charge in [-0.25, -0.2) is 8.42 Å². The second-order valence-electron chi connectivity index (χ2n) is 4.29. The van der Waals surface area contributed by atoms with Crippen LogP contribution in [0.1, 0.15) is 19.5 Å². The summed E-state index contributed by atoms with van der Waals surface area (Å²) in [5.74, 6) is 0.381. The molecule has 102 valence electrons. The van der Waals surface area contributed by atoms with Gasteiger partial charge in [-0.05, 0) is 18.1 Å². The van der Waals surface area contributed by atoms with Gasteiger partial charge in [0.15, 0.2) is 0 Å². The highest BCUT2D eigenvalue weighted by molar-refractivity contribution is 7.89. The number of alkyl halides is 1. The lowest BCUT2D eigenvalue weighted by Crippen LogP contribution is -2.34. The van der Waals surface area contributed by atoms with Crippen molar-refractivity contribution >= 4 is 21.6 Å². The molecule has 0 bridgehead atoms. The molecule has 1 aromatic heterocycles. The monoisotopic (exact) mass is 290 g/mol. The molecule has 0 aliphatic heterocycles. The second-order valence-corrected chi connectivity index (χ2v) is 6.61. The van der Waals surface area contributed by atoms with E-state index in [1.165, 1.54) is 4.31 Å². The summed E-state index contributed by atoms with van der Waals surface area (Å²) in [4.78, 5) is 4.15. The topological polar surface area (TPSA) is 50.3 Å². The maximum atomic E-state index is 12.2. The first-order valence-corrected chi connectivity index (χ1v) is 8.07. The Hall–Kier alpha value is -0.650. The highest BCUT2D eigenvalue weighted by Crippen LogP contribution is 2.12. The van der Waals surface area contributed by atoms with Crippen molar-refractivity contribution in [1.82, 2.24) is 9.29 Å². The van der Waals surface area contributed by atoms with Crippen LogP contribution in [0.3, 0.4) is 0 Å². The Morgan fingerprint density at radius 2 is 2.17 bits per heavy atom. The smallest absolute Gasteiger partial charge is 0.214 e. The van der Waals surface area contributed by atoms with Gasteiger partial charge in [-0.2, -0.15) is 4.31 Å². The zero-order chi connectivity index (χ0) is 13.6. The van der Waals surface area contributed by atoms with Gasteiger partial charge in [0.25, 0.3) is 0 Å². The summed E-state index contributed by atoms with van der Waals surface area (Å²) < 4.78 is 25.8. The predicted octanol–water partition coefficient (Wildman–Crippen LogP) is 2.11. The van der Waals surface area contributed by atoms with Gasteiger partial charge < -0.3 is 0 Å². The van der Waals surface area contributed by atoms with Crippen molar-refractivity contribution in [3.63, 3.8) is 0 Å². The molecule has 0 aromatic carbocycles. The number of rotatable bonds is 7. The molecular weight excluding hydrogens is 272 g/mol. The lowest BCUT2D eigenvalue weighted by Gasteiger charge is -2.21. The fourth-order valence-electron chi connectivity index (χ4n) is 1.59. The summed E-state index contributed by atoms with van der Waals surface area (Å²) in [5.41, 5.74) is 0.751. The van der Waals surface area contributed by atoms with E-state index in [1.807, 2.05) is 32.0 Å². The van der Waals surface area contributed by atoms with E-state index < -0.39 is 10.0 Å². The van der Waals surface area contributed by atoms with Crippen LogP contribution >= 0.6 is 11.6 Å². The summed E-state index contributed by atoms with van der Waals surface area (Å²) in [6.45, 7) is 4.41. The van der Waals surface area contributed by atoms with Gasteiger partial charge in [0, 0.05) is 18.6 Å². The van der Waals surface area contributed by atoms with Crippen molar-refractivity contribution in [3.8, 4) is 0 Å². The highest BCUT2D eigenvalue weighted by atomic mass is 35.5. The van der Waals surface area contributed by atoms with E-state index in [0.29, 0.717) is 19.0 Å². The van der Waals surface area contributed by atoms with Crippen LogP contribution in [0.4, 0.5) is 0 Å². The molecule has 0 saturated heterocycles. The Morgan fingerprint density at radius 1 is 1.44 bits per heavy atom. The van der Waals surface area contributed by atoms with Gasteiger partial charge in [0.2, 0.25) is 10.0 Å². The van der Waals surface area contributed by atoms with Gasteiger partial charge in [0.1, 0.15) is 0 Å². The number of hydrogen-bond donors (Lipinski definition) is 0. The molecule has 0 amide bonds. The molecule has 18 heavy (non-hydrogen) atoms. The Kier molecular flexibility index (Phi) is 6.05. The van der Waals surface area contributed by atoms with Crippen molar-refractivity contribution in [3.05, 3.63) is 30.1 Å². The summed E-state index contributed by atoms with van der Waals surface area (Å²) in [5, 5.41) is 0. The van der Waals surface area contributed by atoms with Crippen molar-refractivity contribution < 1.29 is 8.42 Å². The molecule has 0 N–H and O–H groups in total. The first-order valence-electron chi connectivity index (χ1n) is 5.93. The first-order chi connectivity index (χ1) is 8.49. The Labute approximate surface area is 114 Å². The minimum absolute atomic E-state index is 0.0468. The normalized spacial score (nSPS) is 13.8. The minimum Gasteiger partial charge on any atom is -0.260 e. The number of sulfonamides is 1. The van der Waals surface area contributed by atoms with Crippen LogP contribution in [0.5, 0.6) is 0 Å². The SMILES string of the molecule is CCN(Cc1ccccn1)S(=O)(=O)CC(C)CCl. The van der Waals surface area contributed by atoms with Crippen molar-refractivity contribution in [2.45, 2.75) is 20.4 Å². The molecule has 1 atom stereocenters.